The first kappa shape index (κ1) is 15.2. The van der Waals surface area contributed by atoms with E-state index in [0.29, 0.717) is 17.9 Å². The van der Waals surface area contributed by atoms with Crippen LogP contribution in [-0.4, -0.2) is 43.4 Å². The van der Waals surface area contributed by atoms with Crippen molar-refractivity contribution >= 4 is 33.1 Å². The van der Waals surface area contributed by atoms with Gasteiger partial charge in [-0.3, -0.25) is 5.41 Å². The summed E-state index contributed by atoms with van der Waals surface area (Å²) in [7, 11) is -3.11. The number of hydrogen-bond acceptors (Lipinski definition) is 5. The van der Waals surface area contributed by atoms with E-state index in [0.717, 1.165) is 11.4 Å². The van der Waals surface area contributed by atoms with Gasteiger partial charge in [-0.25, -0.2) is 8.42 Å². The molecule has 5 nitrogen and oxygen atoms in total. The molecule has 0 saturated carbocycles. The Labute approximate surface area is 124 Å². The number of sulfone groups is 1. The standard InChI is InChI=1S/C13H19N3O2S2/c1-2-20(17,18)12-9-19-8-7-16(12)11-5-3-10(4-6-11)13(14)15/h3-6,12H,2,7-9H2,1H3,(H3,14,15). The Morgan fingerprint density at radius 1 is 1.45 bits per heavy atom. The van der Waals surface area contributed by atoms with Crippen LogP contribution in [0.25, 0.3) is 0 Å². The fourth-order valence-corrected chi connectivity index (χ4v) is 5.19. The Hall–Kier alpha value is -1.21. The Morgan fingerprint density at radius 2 is 2.10 bits per heavy atom. The molecular weight excluding hydrogens is 294 g/mol. The molecule has 0 bridgehead atoms. The van der Waals surface area contributed by atoms with Crippen molar-refractivity contribution in [3.63, 3.8) is 0 Å². The fourth-order valence-electron chi connectivity index (χ4n) is 2.20. The van der Waals surface area contributed by atoms with Crippen LogP contribution < -0.4 is 10.6 Å². The molecule has 110 valence electrons. The normalized spacial score (nSPS) is 19.9. The van der Waals surface area contributed by atoms with Crippen molar-refractivity contribution in [3.8, 4) is 0 Å². The largest absolute Gasteiger partial charge is 0.384 e. The number of nitrogens with one attached hydrogen (secondary N) is 1. The van der Waals surface area contributed by atoms with Gasteiger partial charge in [0.2, 0.25) is 0 Å². The van der Waals surface area contributed by atoms with Crippen molar-refractivity contribution in [1.29, 1.82) is 5.41 Å². The maximum Gasteiger partial charge on any atom is 0.171 e. The fraction of sp³-hybridized carbons (Fsp3) is 0.462. The highest BCUT2D eigenvalue weighted by Gasteiger charge is 2.32. The zero-order chi connectivity index (χ0) is 14.8. The van der Waals surface area contributed by atoms with Crippen LogP contribution >= 0.6 is 11.8 Å². The number of rotatable bonds is 4. The molecule has 1 aromatic carbocycles. The third-order valence-corrected chi connectivity index (χ3v) is 6.70. The molecule has 0 amide bonds. The summed E-state index contributed by atoms with van der Waals surface area (Å²) in [5.74, 6) is 1.69. The first-order valence-electron chi connectivity index (χ1n) is 6.46. The maximum absolute atomic E-state index is 12.2. The molecule has 7 heteroatoms. The number of hydrogen-bond donors (Lipinski definition) is 2. The van der Waals surface area contributed by atoms with Gasteiger partial charge in [-0.05, 0) is 24.3 Å². The zero-order valence-electron chi connectivity index (χ0n) is 11.4. The van der Waals surface area contributed by atoms with Crippen molar-refractivity contribution in [3.05, 3.63) is 29.8 Å². The molecule has 1 fully saturated rings. The van der Waals surface area contributed by atoms with Crippen molar-refractivity contribution in [2.24, 2.45) is 5.73 Å². The second-order valence-corrected chi connectivity index (χ2v) is 8.23. The molecule has 1 aliphatic rings. The summed E-state index contributed by atoms with van der Waals surface area (Å²) in [6, 6.07) is 7.19. The minimum absolute atomic E-state index is 0.0171. The number of nitrogens with two attached hydrogens (primary N) is 1. The molecule has 1 heterocycles. The predicted molar refractivity (Wildman–Crippen MR) is 85.4 cm³/mol. The molecule has 3 N–H and O–H groups in total. The number of benzene rings is 1. The molecule has 1 saturated heterocycles. The summed E-state index contributed by atoms with van der Waals surface area (Å²) < 4.78 is 24.4. The van der Waals surface area contributed by atoms with Crippen LogP contribution in [0, 0.1) is 5.41 Å². The summed E-state index contributed by atoms with van der Waals surface area (Å²) in [5, 5.41) is 6.92. The number of nitrogens with zero attached hydrogens (tertiary/aromatic N) is 1. The molecule has 0 aliphatic carbocycles. The van der Waals surface area contributed by atoms with Gasteiger partial charge >= 0.3 is 0 Å². The lowest BCUT2D eigenvalue weighted by Crippen LogP contribution is -2.48. The first-order chi connectivity index (χ1) is 9.45. The van der Waals surface area contributed by atoms with Gasteiger partial charge in [0, 0.05) is 35.1 Å². The lowest BCUT2D eigenvalue weighted by atomic mass is 10.2. The molecular formula is C13H19N3O2S2. The van der Waals surface area contributed by atoms with E-state index in [1.54, 1.807) is 30.8 Å². The summed E-state index contributed by atoms with van der Waals surface area (Å²) >= 11 is 1.68. The van der Waals surface area contributed by atoms with Crippen LogP contribution in [0.4, 0.5) is 5.69 Å². The van der Waals surface area contributed by atoms with Gasteiger partial charge in [0.1, 0.15) is 11.2 Å². The van der Waals surface area contributed by atoms with Gasteiger partial charge < -0.3 is 10.6 Å². The van der Waals surface area contributed by atoms with Gasteiger partial charge in [0.15, 0.2) is 9.84 Å². The Kier molecular flexibility index (Phi) is 4.59. The smallest absolute Gasteiger partial charge is 0.171 e. The lowest BCUT2D eigenvalue weighted by Gasteiger charge is -2.36. The van der Waals surface area contributed by atoms with E-state index in [1.807, 2.05) is 17.0 Å². The van der Waals surface area contributed by atoms with Gasteiger partial charge in [-0.1, -0.05) is 6.92 Å². The molecule has 1 atom stereocenters. The van der Waals surface area contributed by atoms with Crippen molar-refractivity contribution in [2.45, 2.75) is 12.3 Å². The van der Waals surface area contributed by atoms with Crippen molar-refractivity contribution in [2.75, 3.05) is 28.7 Å². The second-order valence-electron chi connectivity index (χ2n) is 4.64. The Balaban J connectivity index is 2.30. The van der Waals surface area contributed by atoms with Crippen LogP contribution in [-0.2, 0) is 9.84 Å². The van der Waals surface area contributed by atoms with Gasteiger partial charge in [0.05, 0.1) is 0 Å². The van der Waals surface area contributed by atoms with Crippen LogP contribution in [0.1, 0.15) is 12.5 Å². The average molecular weight is 313 g/mol. The predicted octanol–water partition coefficient (Wildman–Crippen LogP) is 1.28. The summed E-state index contributed by atoms with van der Waals surface area (Å²) in [6.45, 7) is 2.40. The molecule has 0 radical (unpaired) electrons. The molecule has 0 aromatic heterocycles. The first-order valence-corrected chi connectivity index (χ1v) is 9.33. The summed E-state index contributed by atoms with van der Waals surface area (Å²) in [4.78, 5) is 1.94. The highest BCUT2D eigenvalue weighted by molar-refractivity contribution is 8.01. The van der Waals surface area contributed by atoms with Crippen LogP contribution in [0.3, 0.4) is 0 Å². The molecule has 1 aromatic rings. The van der Waals surface area contributed by atoms with E-state index < -0.39 is 15.2 Å². The van der Waals surface area contributed by atoms with Crippen LogP contribution in [0.5, 0.6) is 0 Å². The van der Waals surface area contributed by atoms with Crippen molar-refractivity contribution < 1.29 is 8.42 Å². The Bertz CT molecular complexity index is 584. The van der Waals surface area contributed by atoms with E-state index in [2.05, 4.69) is 0 Å². The Morgan fingerprint density at radius 3 is 2.65 bits per heavy atom. The summed E-state index contributed by atoms with van der Waals surface area (Å²) in [6.07, 6.45) is 0. The lowest BCUT2D eigenvalue weighted by molar-refractivity contribution is 0.579. The van der Waals surface area contributed by atoms with Gasteiger partial charge in [-0.2, -0.15) is 11.8 Å². The highest BCUT2D eigenvalue weighted by Crippen LogP contribution is 2.27. The molecule has 0 spiro atoms. The monoisotopic (exact) mass is 313 g/mol. The minimum atomic E-state index is -3.11. The molecule has 1 unspecified atom stereocenters. The highest BCUT2D eigenvalue weighted by atomic mass is 32.2. The van der Waals surface area contributed by atoms with Gasteiger partial charge in [-0.15, -0.1) is 0 Å². The van der Waals surface area contributed by atoms with E-state index in [1.165, 1.54) is 0 Å². The number of thioether (sulfide) groups is 1. The summed E-state index contributed by atoms with van der Waals surface area (Å²) in [5.41, 5.74) is 6.95. The second kappa shape index (κ2) is 6.05. The van der Waals surface area contributed by atoms with Gasteiger partial charge in [0.25, 0.3) is 0 Å². The molecule has 2 rings (SSSR count). The third kappa shape index (κ3) is 3.09. The zero-order valence-corrected chi connectivity index (χ0v) is 13.0. The molecule has 20 heavy (non-hydrogen) atoms. The van der Waals surface area contributed by atoms with E-state index in [-0.39, 0.29) is 11.6 Å². The van der Waals surface area contributed by atoms with Crippen LogP contribution in [0.15, 0.2) is 24.3 Å². The van der Waals surface area contributed by atoms with E-state index >= 15 is 0 Å². The number of anilines is 1. The third-order valence-electron chi connectivity index (χ3n) is 3.41. The average Bonchev–Trinajstić information content (AvgIpc) is 2.47. The maximum atomic E-state index is 12.2. The molecule has 1 aliphatic heterocycles. The quantitative estimate of drug-likeness (QED) is 0.646. The van der Waals surface area contributed by atoms with E-state index in [4.69, 9.17) is 11.1 Å². The topological polar surface area (TPSA) is 87.2 Å². The van der Waals surface area contributed by atoms with Crippen molar-refractivity contribution in [1.82, 2.24) is 0 Å². The SMILES string of the molecule is CCS(=O)(=O)C1CSCCN1c1ccc(C(=N)N)cc1. The number of amidine groups is 1. The van der Waals surface area contributed by atoms with E-state index in [9.17, 15) is 8.42 Å². The number of nitrogen functional groups attached to an aromatic ring is 1. The minimum Gasteiger partial charge on any atom is -0.384 e. The van der Waals surface area contributed by atoms with Crippen LogP contribution in [0.2, 0.25) is 0 Å².